The lowest BCUT2D eigenvalue weighted by atomic mass is 10.2. The van der Waals surface area contributed by atoms with Crippen LogP contribution in [0, 0.1) is 0 Å². The molecule has 0 saturated carbocycles. The Morgan fingerprint density at radius 1 is 0.938 bits per heavy atom. The van der Waals surface area contributed by atoms with Crippen LogP contribution in [0.1, 0.15) is 15.9 Å². The van der Waals surface area contributed by atoms with Gasteiger partial charge in [-0.3, -0.25) is 9.10 Å². The van der Waals surface area contributed by atoms with E-state index in [1.54, 1.807) is 54.6 Å². The second-order valence-electron chi connectivity index (χ2n) is 6.81. The van der Waals surface area contributed by atoms with E-state index in [0.29, 0.717) is 10.7 Å². The summed E-state index contributed by atoms with van der Waals surface area (Å²) in [5, 5.41) is 3.23. The molecule has 0 fully saturated rings. The van der Waals surface area contributed by atoms with Gasteiger partial charge in [0.15, 0.2) is 6.61 Å². The summed E-state index contributed by atoms with van der Waals surface area (Å²) in [6.45, 7) is -0.182. The van der Waals surface area contributed by atoms with E-state index in [2.05, 4.69) is 5.32 Å². The molecule has 3 rings (SSSR count). The van der Waals surface area contributed by atoms with Crippen LogP contribution in [0.15, 0.2) is 83.8 Å². The number of amides is 1. The minimum absolute atomic E-state index is 0.0288. The molecule has 166 valence electrons. The smallest absolute Gasteiger partial charge is 0.338 e. The Balaban J connectivity index is 1.55. The van der Waals surface area contributed by atoms with Gasteiger partial charge in [0.25, 0.3) is 15.9 Å². The molecule has 9 heteroatoms. The predicted molar refractivity (Wildman–Crippen MR) is 122 cm³/mol. The highest BCUT2D eigenvalue weighted by Crippen LogP contribution is 2.22. The van der Waals surface area contributed by atoms with E-state index < -0.39 is 28.5 Å². The second kappa shape index (κ2) is 10.3. The van der Waals surface area contributed by atoms with Crippen LogP contribution in [0.4, 0.5) is 5.69 Å². The molecule has 0 radical (unpaired) electrons. The molecular weight excluding hydrogens is 452 g/mol. The third-order valence-corrected chi connectivity index (χ3v) is 6.66. The zero-order valence-electron chi connectivity index (χ0n) is 17.2. The van der Waals surface area contributed by atoms with Crippen molar-refractivity contribution in [2.75, 3.05) is 18.0 Å². The summed E-state index contributed by atoms with van der Waals surface area (Å²) in [6.07, 6.45) is 0. The highest BCUT2D eigenvalue weighted by molar-refractivity contribution is 7.92. The minimum atomic E-state index is -3.79. The summed E-state index contributed by atoms with van der Waals surface area (Å²) in [6, 6.07) is 21.0. The summed E-state index contributed by atoms with van der Waals surface area (Å²) in [5.74, 6) is -1.19. The van der Waals surface area contributed by atoms with Gasteiger partial charge in [-0.15, -0.1) is 0 Å². The number of nitrogens with one attached hydrogen (secondary N) is 1. The molecule has 0 spiro atoms. The van der Waals surface area contributed by atoms with Crippen LogP contribution in [-0.2, 0) is 26.1 Å². The number of benzene rings is 3. The fourth-order valence-electron chi connectivity index (χ4n) is 2.77. The van der Waals surface area contributed by atoms with E-state index in [-0.39, 0.29) is 17.0 Å². The molecule has 0 atom stereocenters. The topological polar surface area (TPSA) is 92.8 Å². The summed E-state index contributed by atoms with van der Waals surface area (Å²) in [4.78, 5) is 24.1. The number of carbonyl (C=O) groups is 2. The normalized spacial score (nSPS) is 10.9. The quantitative estimate of drug-likeness (QED) is 0.505. The van der Waals surface area contributed by atoms with Gasteiger partial charge in [-0.25, -0.2) is 13.2 Å². The number of ether oxygens (including phenoxy) is 1. The Morgan fingerprint density at radius 2 is 1.56 bits per heavy atom. The van der Waals surface area contributed by atoms with Crippen molar-refractivity contribution in [2.45, 2.75) is 11.4 Å². The van der Waals surface area contributed by atoms with Crippen molar-refractivity contribution >= 4 is 39.2 Å². The van der Waals surface area contributed by atoms with Gasteiger partial charge in [-0.05, 0) is 54.1 Å². The predicted octanol–water partition coefficient (Wildman–Crippen LogP) is 3.64. The Morgan fingerprint density at radius 3 is 2.19 bits per heavy atom. The molecule has 1 N–H and O–H groups in total. The molecule has 0 aromatic heterocycles. The summed E-state index contributed by atoms with van der Waals surface area (Å²) >= 11 is 5.81. The van der Waals surface area contributed by atoms with Crippen molar-refractivity contribution in [1.29, 1.82) is 0 Å². The van der Waals surface area contributed by atoms with Crippen LogP contribution < -0.4 is 9.62 Å². The van der Waals surface area contributed by atoms with Crippen LogP contribution >= 0.6 is 11.6 Å². The minimum Gasteiger partial charge on any atom is -0.452 e. The highest BCUT2D eigenvalue weighted by Gasteiger charge is 2.21. The number of rotatable bonds is 8. The number of halogens is 1. The fraction of sp³-hybridized carbons (Fsp3) is 0.130. The third kappa shape index (κ3) is 5.87. The van der Waals surface area contributed by atoms with Crippen LogP contribution in [0.5, 0.6) is 0 Å². The maximum Gasteiger partial charge on any atom is 0.338 e. The van der Waals surface area contributed by atoms with Crippen molar-refractivity contribution in [3.8, 4) is 0 Å². The van der Waals surface area contributed by atoms with Crippen LogP contribution in [0.2, 0.25) is 5.02 Å². The summed E-state index contributed by atoms with van der Waals surface area (Å²) < 4.78 is 31.7. The number of nitrogens with zero attached hydrogens (tertiary/aromatic N) is 1. The molecule has 1 amide bonds. The number of hydrogen-bond donors (Lipinski definition) is 1. The molecule has 0 unspecified atom stereocenters. The van der Waals surface area contributed by atoms with Crippen LogP contribution in [0.25, 0.3) is 0 Å². The van der Waals surface area contributed by atoms with Gasteiger partial charge in [0, 0.05) is 18.6 Å². The number of esters is 1. The van der Waals surface area contributed by atoms with E-state index >= 15 is 0 Å². The average Bonchev–Trinajstić information content (AvgIpc) is 2.82. The number of anilines is 1. The first kappa shape index (κ1) is 23.3. The average molecular weight is 473 g/mol. The molecule has 0 heterocycles. The molecule has 3 aromatic carbocycles. The van der Waals surface area contributed by atoms with Crippen molar-refractivity contribution in [3.63, 3.8) is 0 Å². The maximum absolute atomic E-state index is 12.8. The lowest BCUT2D eigenvalue weighted by Gasteiger charge is -2.19. The maximum atomic E-state index is 12.8. The van der Waals surface area contributed by atoms with Gasteiger partial charge < -0.3 is 10.1 Å². The number of carbonyl (C=O) groups excluding carboxylic acids is 2. The number of sulfonamides is 1. The van der Waals surface area contributed by atoms with Crippen molar-refractivity contribution in [2.24, 2.45) is 0 Å². The Kier molecular flexibility index (Phi) is 7.50. The number of hydrogen-bond acceptors (Lipinski definition) is 5. The summed E-state index contributed by atoms with van der Waals surface area (Å²) in [5.41, 5.74) is 1.50. The van der Waals surface area contributed by atoms with Crippen molar-refractivity contribution < 1.29 is 22.7 Å². The van der Waals surface area contributed by atoms with E-state index in [1.807, 2.05) is 0 Å². The van der Waals surface area contributed by atoms with Gasteiger partial charge in [0.2, 0.25) is 0 Å². The standard InChI is InChI=1S/C23H21ClN2O5S/c1-26(20-5-3-2-4-6-20)32(29,30)21-13-9-18(10-14-21)23(28)31-16-22(27)25-15-17-7-11-19(24)12-8-17/h2-14H,15-16H2,1H3,(H,25,27). The lowest BCUT2D eigenvalue weighted by molar-refractivity contribution is -0.124. The zero-order valence-corrected chi connectivity index (χ0v) is 18.8. The van der Waals surface area contributed by atoms with E-state index in [9.17, 15) is 18.0 Å². The molecule has 0 bridgehead atoms. The van der Waals surface area contributed by atoms with Crippen LogP contribution in [-0.4, -0.2) is 33.9 Å². The molecule has 3 aromatic rings. The molecule has 0 saturated heterocycles. The zero-order chi connectivity index (χ0) is 23.1. The Bertz CT molecular complexity index is 1180. The first-order valence-electron chi connectivity index (χ1n) is 9.59. The molecule has 0 aliphatic carbocycles. The van der Waals surface area contributed by atoms with Crippen LogP contribution in [0.3, 0.4) is 0 Å². The largest absolute Gasteiger partial charge is 0.452 e. The Labute approximate surface area is 191 Å². The van der Waals surface area contributed by atoms with Gasteiger partial charge in [-0.1, -0.05) is 41.9 Å². The molecule has 32 heavy (non-hydrogen) atoms. The van der Waals surface area contributed by atoms with E-state index in [0.717, 1.165) is 9.87 Å². The van der Waals surface area contributed by atoms with Crippen molar-refractivity contribution in [3.05, 3.63) is 95.0 Å². The lowest BCUT2D eigenvalue weighted by Crippen LogP contribution is -2.28. The molecule has 0 aliphatic rings. The monoisotopic (exact) mass is 472 g/mol. The SMILES string of the molecule is CN(c1ccccc1)S(=O)(=O)c1ccc(C(=O)OCC(=O)NCc2ccc(Cl)cc2)cc1. The first-order chi connectivity index (χ1) is 15.3. The first-order valence-corrected chi connectivity index (χ1v) is 11.4. The third-order valence-electron chi connectivity index (χ3n) is 4.61. The summed E-state index contributed by atoms with van der Waals surface area (Å²) in [7, 11) is -2.33. The van der Waals surface area contributed by atoms with Gasteiger partial charge >= 0.3 is 5.97 Å². The van der Waals surface area contributed by atoms with Gasteiger partial charge in [-0.2, -0.15) is 0 Å². The van der Waals surface area contributed by atoms with E-state index in [1.165, 1.54) is 31.3 Å². The number of para-hydroxylation sites is 1. The van der Waals surface area contributed by atoms with Crippen molar-refractivity contribution in [1.82, 2.24) is 5.32 Å². The fourth-order valence-corrected chi connectivity index (χ4v) is 4.09. The highest BCUT2D eigenvalue weighted by atomic mass is 35.5. The molecular formula is C23H21ClN2O5S. The van der Waals surface area contributed by atoms with E-state index in [4.69, 9.17) is 16.3 Å². The Hall–Kier alpha value is -3.36. The second-order valence-corrected chi connectivity index (χ2v) is 9.22. The van der Waals surface area contributed by atoms with Gasteiger partial charge in [0.1, 0.15) is 0 Å². The molecule has 7 nitrogen and oxygen atoms in total. The van der Waals surface area contributed by atoms with Gasteiger partial charge in [0.05, 0.1) is 16.1 Å². The molecule has 0 aliphatic heterocycles.